The Kier molecular flexibility index (Phi) is 3.05. The number of para-hydroxylation sites is 1. The predicted molar refractivity (Wildman–Crippen MR) is 48.4 cm³/mol. The summed E-state index contributed by atoms with van der Waals surface area (Å²) in [6, 6.07) is 5.93. The molecule has 0 aliphatic rings. The van der Waals surface area contributed by atoms with E-state index in [2.05, 4.69) is 12.6 Å². The maximum Gasteiger partial charge on any atom is 0.471 e. The van der Waals surface area contributed by atoms with Crippen LogP contribution in [0.15, 0.2) is 29.2 Å². The number of anilines is 1. The third kappa shape index (κ3) is 2.66. The number of benzene rings is 1. The molecule has 0 radical (unpaired) electrons. The van der Waals surface area contributed by atoms with Crippen molar-refractivity contribution in [1.82, 2.24) is 0 Å². The summed E-state index contributed by atoms with van der Waals surface area (Å²) in [5, 5.41) is 1.71. The van der Waals surface area contributed by atoms with Crippen LogP contribution in [-0.4, -0.2) is 12.1 Å². The summed E-state index contributed by atoms with van der Waals surface area (Å²) in [7, 11) is 0. The molecule has 0 heterocycles. The highest BCUT2D eigenvalue weighted by Gasteiger charge is 2.38. The smallest absolute Gasteiger partial charge is 0.317 e. The molecule has 0 aromatic heterocycles. The van der Waals surface area contributed by atoms with Crippen LogP contribution in [0.25, 0.3) is 0 Å². The second-order valence-corrected chi connectivity index (χ2v) is 2.95. The minimum Gasteiger partial charge on any atom is -0.317 e. The number of halogens is 3. The molecule has 76 valence electrons. The van der Waals surface area contributed by atoms with E-state index in [1.165, 1.54) is 18.2 Å². The van der Waals surface area contributed by atoms with E-state index in [9.17, 15) is 18.0 Å². The number of hydrogen-bond acceptors (Lipinski definition) is 2. The average Bonchev–Trinajstić information content (AvgIpc) is 2.07. The van der Waals surface area contributed by atoms with Crippen molar-refractivity contribution in [3.8, 4) is 0 Å². The fourth-order valence-electron chi connectivity index (χ4n) is 0.773. The van der Waals surface area contributed by atoms with Crippen LogP contribution in [0, 0.1) is 0 Å². The average molecular weight is 221 g/mol. The monoisotopic (exact) mass is 221 g/mol. The largest absolute Gasteiger partial charge is 0.471 e. The standard InChI is InChI=1S/C8H6F3NOS/c9-8(10,11)7(13)12-5-3-1-2-4-6(5)14/h1-4,14H,(H,12,13). The van der Waals surface area contributed by atoms with Crippen molar-refractivity contribution in [2.45, 2.75) is 11.1 Å². The molecule has 0 aliphatic carbocycles. The van der Waals surface area contributed by atoms with Crippen molar-refractivity contribution in [3.05, 3.63) is 24.3 Å². The molecule has 1 rings (SSSR count). The van der Waals surface area contributed by atoms with Crippen LogP contribution >= 0.6 is 12.6 Å². The molecule has 0 spiro atoms. The molecular formula is C8H6F3NOS. The fourth-order valence-corrected chi connectivity index (χ4v) is 0.989. The molecule has 0 bridgehead atoms. The van der Waals surface area contributed by atoms with E-state index >= 15 is 0 Å². The molecule has 1 aromatic rings. The lowest BCUT2D eigenvalue weighted by atomic mass is 10.3. The summed E-state index contributed by atoms with van der Waals surface area (Å²) in [4.78, 5) is 10.8. The van der Waals surface area contributed by atoms with Gasteiger partial charge in [0.2, 0.25) is 0 Å². The number of amides is 1. The number of alkyl halides is 3. The summed E-state index contributed by atoms with van der Waals surface area (Å²) in [6.45, 7) is 0. The Bertz CT molecular complexity index is 351. The summed E-state index contributed by atoms with van der Waals surface area (Å²) in [5.74, 6) is -2.00. The molecule has 6 heteroatoms. The molecular weight excluding hydrogens is 215 g/mol. The highest BCUT2D eigenvalue weighted by molar-refractivity contribution is 7.80. The molecule has 1 amide bonds. The summed E-state index contributed by atoms with van der Waals surface area (Å²) in [6.07, 6.45) is -4.88. The van der Waals surface area contributed by atoms with E-state index < -0.39 is 12.1 Å². The van der Waals surface area contributed by atoms with Crippen LogP contribution in [0.2, 0.25) is 0 Å². The molecule has 0 aliphatic heterocycles. The maximum atomic E-state index is 11.8. The fraction of sp³-hybridized carbons (Fsp3) is 0.125. The predicted octanol–water partition coefficient (Wildman–Crippen LogP) is 2.48. The maximum absolute atomic E-state index is 11.8. The Balaban J connectivity index is 2.80. The molecule has 0 saturated heterocycles. The summed E-state index contributed by atoms with van der Waals surface area (Å²) in [5.41, 5.74) is 0.0400. The molecule has 1 aromatic carbocycles. The van der Waals surface area contributed by atoms with Crippen LogP contribution in [0.4, 0.5) is 18.9 Å². The number of carbonyl (C=O) groups is 1. The van der Waals surface area contributed by atoms with Crippen molar-refractivity contribution in [3.63, 3.8) is 0 Å². The first kappa shape index (κ1) is 10.9. The van der Waals surface area contributed by atoms with Gasteiger partial charge in [0.25, 0.3) is 0 Å². The van der Waals surface area contributed by atoms with Gasteiger partial charge in [0.15, 0.2) is 0 Å². The first-order chi connectivity index (χ1) is 6.41. The summed E-state index contributed by atoms with van der Waals surface area (Å²) < 4.78 is 35.5. The molecule has 0 fully saturated rings. The third-order valence-electron chi connectivity index (χ3n) is 1.41. The highest BCUT2D eigenvalue weighted by atomic mass is 32.1. The number of nitrogens with one attached hydrogen (secondary N) is 1. The van der Waals surface area contributed by atoms with Crippen molar-refractivity contribution in [2.75, 3.05) is 5.32 Å². The van der Waals surface area contributed by atoms with Gasteiger partial charge in [0.1, 0.15) is 0 Å². The van der Waals surface area contributed by atoms with E-state index in [1.54, 1.807) is 11.4 Å². The Hall–Kier alpha value is -1.17. The summed E-state index contributed by atoms with van der Waals surface area (Å²) >= 11 is 3.89. The van der Waals surface area contributed by atoms with Gasteiger partial charge in [-0.3, -0.25) is 4.79 Å². The quantitative estimate of drug-likeness (QED) is 0.701. The highest BCUT2D eigenvalue weighted by Crippen LogP contribution is 2.22. The van der Waals surface area contributed by atoms with E-state index in [1.807, 2.05) is 0 Å². The molecule has 0 atom stereocenters. The Labute approximate surface area is 83.5 Å². The molecule has 14 heavy (non-hydrogen) atoms. The second-order valence-electron chi connectivity index (χ2n) is 2.47. The lowest BCUT2D eigenvalue weighted by Gasteiger charge is -2.09. The van der Waals surface area contributed by atoms with Crippen LogP contribution in [0.5, 0.6) is 0 Å². The topological polar surface area (TPSA) is 29.1 Å². The van der Waals surface area contributed by atoms with Crippen LogP contribution < -0.4 is 5.32 Å². The first-order valence-electron chi connectivity index (χ1n) is 3.57. The first-order valence-corrected chi connectivity index (χ1v) is 4.02. The Morgan fingerprint density at radius 3 is 2.36 bits per heavy atom. The van der Waals surface area contributed by atoms with Crippen LogP contribution in [-0.2, 0) is 4.79 Å². The molecule has 1 N–H and O–H groups in total. The van der Waals surface area contributed by atoms with E-state index in [0.717, 1.165) is 0 Å². The Morgan fingerprint density at radius 1 is 1.29 bits per heavy atom. The van der Waals surface area contributed by atoms with Gasteiger partial charge in [-0.25, -0.2) is 0 Å². The number of rotatable bonds is 1. The van der Waals surface area contributed by atoms with Crippen molar-refractivity contribution >= 4 is 24.2 Å². The third-order valence-corrected chi connectivity index (χ3v) is 1.80. The SMILES string of the molecule is O=C(Nc1ccccc1S)C(F)(F)F. The Morgan fingerprint density at radius 2 is 1.86 bits per heavy atom. The zero-order valence-corrected chi connectivity index (χ0v) is 7.69. The minimum absolute atomic E-state index is 0.0400. The molecule has 2 nitrogen and oxygen atoms in total. The van der Waals surface area contributed by atoms with Gasteiger partial charge in [-0.1, -0.05) is 12.1 Å². The van der Waals surface area contributed by atoms with Gasteiger partial charge in [-0.15, -0.1) is 12.6 Å². The molecule has 0 saturated carbocycles. The lowest BCUT2D eigenvalue weighted by Crippen LogP contribution is -2.30. The number of hydrogen-bond donors (Lipinski definition) is 2. The van der Waals surface area contributed by atoms with Gasteiger partial charge < -0.3 is 5.32 Å². The van der Waals surface area contributed by atoms with Crippen molar-refractivity contribution < 1.29 is 18.0 Å². The molecule has 0 unspecified atom stereocenters. The van der Waals surface area contributed by atoms with Crippen LogP contribution in [0.1, 0.15) is 0 Å². The van der Waals surface area contributed by atoms with Gasteiger partial charge in [0, 0.05) is 4.90 Å². The van der Waals surface area contributed by atoms with Crippen molar-refractivity contribution in [2.24, 2.45) is 0 Å². The number of carbonyl (C=O) groups excluding carboxylic acids is 1. The van der Waals surface area contributed by atoms with Crippen molar-refractivity contribution in [1.29, 1.82) is 0 Å². The number of thiol groups is 1. The van der Waals surface area contributed by atoms with Gasteiger partial charge >= 0.3 is 12.1 Å². The zero-order valence-electron chi connectivity index (χ0n) is 6.80. The van der Waals surface area contributed by atoms with Gasteiger partial charge in [-0.2, -0.15) is 13.2 Å². The second kappa shape index (κ2) is 3.91. The van der Waals surface area contributed by atoms with Crippen LogP contribution in [0.3, 0.4) is 0 Å². The van der Waals surface area contributed by atoms with E-state index in [0.29, 0.717) is 0 Å². The zero-order chi connectivity index (χ0) is 10.8. The van der Waals surface area contributed by atoms with E-state index in [-0.39, 0.29) is 10.6 Å². The van der Waals surface area contributed by atoms with Gasteiger partial charge in [-0.05, 0) is 12.1 Å². The minimum atomic E-state index is -4.88. The normalized spacial score (nSPS) is 11.1. The van der Waals surface area contributed by atoms with E-state index in [4.69, 9.17) is 0 Å². The van der Waals surface area contributed by atoms with Gasteiger partial charge in [0.05, 0.1) is 5.69 Å². The lowest BCUT2D eigenvalue weighted by molar-refractivity contribution is -0.167.